The smallest absolute Gasteiger partial charge is 0.434 e. The number of ether oxygens (including phenoxy) is 4. The lowest BCUT2D eigenvalue weighted by molar-refractivity contribution is -0.0839. The first-order valence-electron chi connectivity index (χ1n) is 14.2. The number of rotatable bonds is 21. The molecule has 1 unspecified atom stereocenters. The third-order valence-corrected chi connectivity index (χ3v) is 6.33. The Labute approximate surface area is 237 Å². The molecule has 2 aromatic rings. The summed E-state index contributed by atoms with van der Waals surface area (Å²) in [5, 5.41) is 0.188. The van der Waals surface area contributed by atoms with Crippen LogP contribution < -0.4 is 4.84 Å². The summed E-state index contributed by atoms with van der Waals surface area (Å²) in [7, 11) is 0. The van der Waals surface area contributed by atoms with E-state index >= 15 is 0 Å². The molecule has 0 amide bonds. The lowest BCUT2D eigenvalue weighted by Gasteiger charge is -2.15. The van der Waals surface area contributed by atoms with Crippen LogP contribution in [0.2, 0.25) is 5.02 Å². The van der Waals surface area contributed by atoms with Gasteiger partial charge in [-0.05, 0) is 24.5 Å². The van der Waals surface area contributed by atoms with Gasteiger partial charge < -0.3 is 23.8 Å². The Balaban J connectivity index is 1.57. The summed E-state index contributed by atoms with van der Waals surface area (Å²) in [6, 6.07) is 11.3. The predicted octanol–water partition coefficient (Wildman–Crippen LogP) is 7.75. The fourth-order valence-electron chi connectivity index (χ4n) is 3.92. The van der Waals surface area contributed by atoms with Gasteiger partial charge in [-0.3, -0.25) is 0 Å². The minimum atomic E-state index is -1.17. The van der Waals surface area contributed by atoms with Crippen LogP contribution in [0.1, 0.15) is 101 Å². The maximum atomic E-state index is 12.6. The van der Waals surface area contributed by atoms with Gasteiger partial charge in [-0.25, -0.2) is 9.59 Å². The lowest BCUT2D eigenvalue weighted by Crippen LogP contribution is -2.25. The molecule has 9 heteroatoms. The summed E-state index contributed by atoms with van der Waals surface area (Å²) in [6.07, 6.45) is 12.2. The summed E-state index contributed by atoms with van der Waals surface area (Å²) < 4.78 is 22.1. The van der Waals surface area contributed by atoms with E-state index in [0.717, 1.165) is 18.4 Å². The number of unbranched alkanes of at least 4 members (excludes halogenated alkanes) is 9. The van der Waals surface area contributed by atoms with Crippen molar-refractivity contribution in [1.82, 2.24) is 4.73 Å². The number of carbonyl (C=O) groups excluding carboxylic acids is 2. The molecule has 218 valence electrons. The summed E-state index contributed by atoms with van der Waals surface area (Å²) in [6.45, 7) is 5.16. The second-order valence-electron chi connectivity index (χ2n) is 9.43. The molecule has 0 spiro atoms. The average molecular weight is 566 g/mol. The molecule has 8 nitrogen and oxygen atoms in total. The van der Waals surface area contributed by atoms with Gasteiger partial charge in [-0.1, -0.05) is 100 Å². The molecule has 0 N–H and O–H groups in total. The molecule has 0 fully saturated rings. The normalized spacial score (nSPS) is 11.7. The molecule has 0 aliphatic rings. The topological polar surface area (TPSA) is 85.2 Å². The minimum absolute atomic E-state index is 0.0446. The van der Waals surface area contributed by atoms with Gasteiger partial charge in [0, 0.05) is 19.5 Å². The first kappa shape index (κ1) is 32.5. The van der Waals surface area contributed by atoms with Gasteiger partial charge in [0.05, 0.1) is 24.8 Å². The fraction of sp³-hybridized carbons (Fsp3) is 0.600. The molecular formula is C30H44ClNO7. The Hall–Kier alpha value is -2.71. The van der Waals surface area contributed by atoms with Crippen molar-refractivity contribution in [3.8, 4) is 0 Å². The van der Waals surface area contributed by atoms with Crippen molar-refractivity contribution in [2.24, 2.45) is 0 Å². The Morgan fingerprint density at radius 3 is 2.18 bits per heavy atom. The molecule has 0 saturated heterocycles. The highest BCUT2D eigenvalue weighted by molar-refractivity contribution is 6.33. The fourth-order valence-corrected chi connectivity index (χ4v) is 4.14. The molecular weight excluding hydrogens is 522 g/mol. The molecule has 0 saturated carbocycles. The molecule has 0 aliphatic carbocycles. The van der Waals surface area contributed by atoms with Crippen LogP contribution in [0.4, 0.5) is 4.79 Å². The van der Waals surface area contributed by atoms with E-state index in [2.05, 4.69) is 6.92 Å². The number of nitrogens with zero attached hydrogens (tertiary/aromatic N) is 1. The van der Waals surface area contributed by atoms with Crippen molar-refractivity contribution in [2.75, 3.05) is 19.8 Å². The van der Waals surface area contributed by atoms with Crippen LogP contribution in [0.3, 0.4) is 0 Å². The Morgan fingerprint density at radius 1 is 0.821 bits per heavy atom. The van der Waals surface area contributed by atoms with Gasteiger partial charge >= 0.3 is 12.1 Å². The number of aromatic nitrogens is 1. The molecule has 2 rings (SSSR count). The van der Waals surface area contributed by atoms with Crippen LogP contribution >= 0.6 is 11.6 Å². The van der Waals surface area contributed by atoms with E-state index < -0.39 is 18.4 Å². The summed E-state index contributed by atoms with van der Waals surface area (Å²) in [5.41, 5.74) is 1.12. The number of hydrogen-bond donors (Lipinski definition) is 0. The van der Waals surface area contributed by atoms with Crippen molar-refractivity contribution in [2.45, 2.75) is 97.4 Å². The van der Waals surface area contributed by atoms with Gasteiger partial charge in [-0.15, -0.1) is 0 Å². The van der Waals surface area contributed by atoms with Crippen LogP contribution in [0.25, 0.3) is 0 Å². The molecule has 39 heavy (non-hydrogen) atoms. The van der Waals surface area contributed by atoms with Gasteiger partial charge in [0.15, 0.2) is 5.69 Å². The Kier molecular flexibility index (Phi) is 16.9. The van der Waals surface area contributed by atoms with E-state index in [0.29, 0.717) is 26.2 Å². The average Bonchev–Trinajstić information content (AvgIpc) is 3.29. The van der Waals surface area contributed by atoms with Crippen molar-refractivity contribution in [3.63, 3.8) is 0 Å². The Bertz CT molecular complexity index is 935. The highest BCUT2D eigenvalue weighted by atomic mass is 35.5. The first-order chi connectivity index (χ1) is 19.0. The molecule has 1 aromatic heterocycles. The van der Waals surface area contributed by atoms with Crippen LogP contribution in [0, 0.1) is 0 Å². The third-order valence-electron chi connectivity index (χ3n) is 6.02. The van der Waals surface area contributed by atoms with E-state index in [4.69, 9.17) is 35.4 Å². The SMILES string of the molecule is CCCCCCCCCCCCOn1ccc(Cl)c1C(=O)OC(C)OC(=O)OCCCOCc1ccccc1. The van der Waals surface area contributed by atoms with E-state index in [-0.39, 0.29) is 17.3 Å². The van der Waals surface area contributed by atoms with Crippen molar-refractivity contribution < 1.29 is 33.4 Å². The standard InChI is InChI=1S/C30H44ClNO7/c1-3-4-5-6-7-8-9-10-11-15-23-37-32-20-19-27(31)28(32)29(33)38-25(2)39-30(34)36-22-16-21-35-24-26-17-13-12-14-18-26/h12-14,17-20,25H,3-11,15-16,21-24H2,1-2H3. The highest BCUT2D eigenvalue weighted by Gasteiger charge is 2.23. The van der Waals surface area contributed by atoms with Crippen molar-refractivity contribution in [3.05, 3.63) is 58.9 Å². The third kappa shape index (κ3) is 14.3. The number of benzene rings is 1. The van der Waals surface area contributed by atoms with Gasteiger partial charge in [0.25, 0.3) is 0 Å². The molecule has 1 aromatic carbocycles. The lowest BCUT2D eigenvalue weighted by atomic mass is 10.1. The molecule has 0 bridgehead atoms. The largest absolute Gasteiger partial charge is 0.511 e. The number of hydrogen-bond acceptors (Lipinski definition) is 7. The molecule has 0 aliphatic heterocycles. The number of carbonyl (C=O) groups is 2. The zero-order valence-corrected chi connectivity index (χ0v) is 24.2. The van der Waals surface area contributed by atoms with E-state index in [1.807, 2.05) is 30.3 Å². The highest BCUT2D eigenvalue weighted by Crippen LogP contribution is 2.19. The zero-order valence-electron chi connectivity index (χ0n) is 23.4. The zero-order chi connectivity index (χ0) is 28.1. The van der Waals surface area contributed by atoms with Crippen molar-refractivity contribution >= 4 is 23.7 Å². The summed E-state index contributed by atoms with van der Waals surface area (Å²) in [5.74, 6) is -0.761. The van der Waals surface area contributed by atoms with Crippen LogP contribution in [-0.2, 0) is 25.6 Å². The van der Waals surface area contributed by atoms with Crippen LogP contribution in [0.5, 0.6) is 0 Å². The van der Waals surface area contributed by atoms with E-state index in [1.165, 1.54) is 63.0 Å². The monoisotopic (exact) mass is 565 g/mol. The molecule has 1 heterocycles. The minimum Gasteiger partial charge on any atom is -0.434 e. The number of halogens is 1. The molecule has 1 atom stereocenters. The van der Waals surface area contributed by atoms with E-state index in [9.17, 15) is 9.59 Å². The van der Waals surface area contributed by atoms with Gasteiger partial charge in [0.1, 0.15) is 6.61 Å². The maximum Gasteiger partial charge on any atom is 0.511 e. The van der Waals surface area contributed by atoms with Crippen LogP contribution in [0.15, 0.2) is 42.6 Å². The van der Waals surface area contributed by atoms with E-state index in [1.54, 1.807) is 12.3 Å². The first-order valence-corrected chi connectivity index (χ1v) is 14.5. The van der Waals surface area contributed by atoms with Crippen LogP contribution in [-0.4, -0.2) is 43.0 Å². The summed E-state index contributed by atoms with van der Waals surface area (Å²) in [4.78, 5) is 30.3. The second kappa shape index (κ2) is 20.2. The van der Waals surface area contributed by atoms with Gasteiger partial charge in [-0.2, -0.15) is 4.73 Å². The Morgan fingerprint density at radius 2 is 1.49 bits per heavy atom. The number of esters is 1. The second-order valence-corrected chi connectivity index (χ2v) is 9.84. The van der Waals surface area contributed by atoms with Crippen molar-refractivity contribution in [1.29, 1.82) is 0 Å². The van der Waals surface area contributed by atoms with Gasteiger partial charge in [0.2, 0.25) is 6.29 Å². The maximum absolute atomic E-state index is 12.6. The summed E-state index contributed by atoms with van der Waals surface area (Å²) >= 11 is 6.17. The quantitative estimate of drug-likeness (QED) is 0.0868. The molecule has 0 radical (unpaired) electrons. The predicted molar refractivity (Wildman–Crippen MR) is 151 cm³/mol.